The lowest BCUT2D eigenvalue weighted by atomic mass is 10.1. The summed E-state index contributed by atoms with van der Waals surface area (Å²) in [4.78, 5) is 22.4. The summed E-state index contributed by atoms with van der Waals surface area (Å²) in [7, 11) is 0. The van der Waals surface area contributed by atoms with Gasteiger partial charge in [-0.15, -0.1) is 0 Å². The molecule has 4 atom stereocenters. The quantitative estimate of drug-likeness (QED) is 0.180. The number of carbonyl (C=O) groups excluding carboxylic acids is 1. The Morgan fingerprint density at radius 3 is 2.46 bits per heavy atom. The summed E-state index contributed by atoms with van der Waals surface area (Å²) in [6, 6.07) is 26.4. The van der Waals surface area contributed by atoms with Crippen LogP contribution in [0.25, 0.3) is 23.2 Å². The van der Waals surface area contributed by atoms with Gasteiger partial charge in [0.1, 0.15) is 30.7 Å². The number of rotatable bonds is 9. The molecule has 0 radical (unpaired) electrons. The van der Waals surface area contributed by atoms with Crippen LogP contribution in [0.5, 0.6) is 0 Å². The summed E-state index contributed by atoms with van der Waals surface area (Å²) < 4.78 is 26.4. The van der Waals surface area contributed by atoms with Crippen LogP contribution in [0.2, 0.25) is 5.02 Å². The molecule has 0 aliphatic carbocycles. The summed E-state index contributed by atoms with van der Waals surface area (Å²) in [5.74, 6) is -0.242. The van der Waals surface area contributed by atoms with Crippen molar-refractivity contribution in [2.24, 2.45) is 0 Å². The van der Waals surface area contributed by atoms with Crippen LogP contribution in [0.3, 0.4) is 0 Å². The van der Waals surface area contributed by atoms with E-state index >= 15 is 0 Å². The molecule has 2 saturated heterocycles. The van der Waals surface area contributed by atoms with Crippen molar-refractivity contribution in [1.29, 1.82) is 0 Å². The number of halogens is 1. The Kier molecular flexibility index (Phi) is 8.27. The van der Waals surface area contributed by atoms with E-state index in [1.54, 1.807) is 35.1 Å². The third-order valence-electron chi connectivity index (χ3n) is 7.85. The fourth-order valence-corrected chi connectivity index (χ4v) is 5.90. The number of anilines is 1. The highest BCUT2D eigenvalue weighted by atomic mass is 35.5. The first-order chi connectivity index (χ1) is 22.3. The van der Waals surface area contributed by atoms with E-state index in [-0.39, 0.29) is 6.61 Å². The zero-order valence-corrected chi connectivity index (χ0v) is 26.0. The monoisotopic (exact) mass is 637 g/mol. The number of hydrogen-bond acceptors (Lipinski definition) is 9. The first-order valence-electron chi connectivity index (χ1n) is 15.0. The highest BCUT2D eigenvalue weighted by molar-refractivity contribution is 6.31. The predicted molar refractivity (Wildman–Crippen MR) is 174 cm³/mol. The first kappa shape index (κ1) is 30.1. The van der Waals surface area contributed by atoms with Crippen LogP contribution in [-0.2, 0) is 25.5 Å². The number of fused-ring (bicyclic) bond motifs is 2. The second-order valence-electron chi connectivity index (χ2n) is 11.5. The van der Waals surface area contributed by atoms with Crippen LogP contribution in [0.1, 0.15) is 47.4 Å². The van der Waals surface area contributed by atoms with Crippen molar-refractivity contribution in [3.05, 3.63) is 119 Å². The number of esters is 1. The van der Waals surface area contributed by atoms with E-state index < -0.39 is 36.3 Å². The molecule has 3 aromatic carbocycles. The zero-order valence-electron chi connectivity index (χ0n) is 25.2. The van der Waals surface area contributed by atoms with Crippen LogP contribution < -0.4 is 5.32 Å². The van der Waals surface area contributed by atoms with Gasteiger partial charge in [0.2, 0.25) is 0 Å². The lowest BCUT2D eigenvalue weighted by Crippen LogP contribution is -2.33. The van der Waals surface area contributed by atoms with Gasteiger partial charge in [-0.1, -0.05) is 84.4 Å². The van der Waals surface area contributed by atoms with E-state index in [1.807, 2.05) is 86.7 Å². The second-order valence-corrected chi connectivity index (χ2v) is 11.9. The van der Waals surface area contributed by atoms with Gasteiger partial charge in [0, 0.05) is 11.6 Å². The average molecular weight is 638 g/mol. The Balaban J connectivity index is 1.21. The number of nitrogens with zero attached hydrogens (tertiary/aromatic N) is 4. The van der Waals surface area contributed by atoms with Crippen LogP contribution in [0.15, 0.2) is 91.1 Å². The molecule has 2 fully saturated rings. The van der Waals surface area contributed by atoms with Crippen molar-refractivity contribution in [2.75, 3.05) is 11.9 Å². The van der Waals surface area contributed by atoms with E-state index in [0.717, 1.165) is 11.1 Å². The molecule has 0 bridgehead atoms. The summed E-state index contributed by atoms with van der Waals surface area (Å²) in [6.07, 6.45) is 3.18. The number of nitrogens with one attached hydrogen (secondary N) is 1. The van der Waals surface area contributed by atoms with E-state index in [9.17, 15) is 4.79 Å². The molecule has 4 heterocycles. The van der Waals surface area contributed by atoms with Crippen LogP contribution >= 0.6 is 11.6 Å². The van der Waals surface area contributed by atoms with E-state index in [0.29, 0.717) is 39.8 Å². The molecule has 46 heavy (non-hydrogen) atoms. The molecule has 0 unspecified atom stereocenters. The standard InChI is InChI=1S/C35H32ClN5O5/c1-35(2)45-29-27(21-43-34(42)23-13-7-4-8-14-23)44-33(30(29)46-35)41-32-25(20-38-41)31(37-19-24-15-9-10-16-26(24)36)39-28(40-32)18-17-22-11-5-3-6-12-22/h3-18,20,27,29-30,33H,19,21H2,1-2H3,(H,37,39,40)/b18-17+/t27-,29-,30-,33-/m1/s1. The van der Waals surface area contributed by atoms with Crippen molar-refractivity contribution < 1.29 is 23.7 Å². The summed E-state index contributed by atoms with van der Waals surface area (Å²) >= 11 is 6.44. The Hall–Kier alpha value is -4.61. The normalized spacial score (nSPS) is 21.9. The minimum atomic E-state index is -0.873. The molecular formula is C35H32ClN5O5. The molecule has 5 aromatic rings. The summed E-state index contributed by atoms with van der Waals surface area (Å²) in [6.45, 7) is 4.13. The van der Waals surface area contributed by atoms with Gasteiger partial charge in [-0.2, -0.15) is 5.10 Å². The van der Waals surface area contributed by atoms with E-state index in [1.165, 1.54) is 0 Å². The Morgan fingerprint density at radius 2 is 1.67 bits per heavy atom. The number of carbonyl (C=O) groups is 1. The highest BCUT2D eigenvalue weighted by Gasteiger charge is 2.56. The predicted octanol–water partition coefficient (Wildman–Crippen LogP) is 6.54. The molecule has 7 rings (SSSR count). The van der Waals surface area contributed by atoms with Crippen LogP contribution in [0, 0.1) is 0 Å². The Bertz CT molecular complexity index is 1880. The lowest BCUT2D eigenvalue weighted by molar-refractivity contribution is -0.201. The second kappa shape index (κ2) is 12.6. The fraction of sp³-hybridized carbons (Fsp3) is 0.257. The third kappa shape index (κ3) is 6.25. The number of hydrogen-bond donors (Lipinski definition) is 1. The molecule has 2 aromatic heterocycles. The molecule has 1 N–H and O–H groups in total. The molecule has 2 aliphatic heterocycles. The van der Waals surface area contributed by atoms with Gasteiger partial charge >= 0.3 is 5.97 Å². The number of benzene rings is 3. The molecule has 11 heteroatoms. The van der Waals surface area contributed by atoms with Gasteiger partial charge in [-0.05, 0) is 49.2 Å². The molecule has 0 spiro atoms. The van der Waals surface area contributed by atoms with Gasteiger partial charge in [0.25, 0.3) is 0 Å². The first-order valence-corrected chi connectivity index (χ1v) is 15.4. The van der Waals surface area contributed by atoms with Crippen molar-refractivity contribution in [2.45, 2.75) is 50.7 Å². The van der Waals surface area contributed by atoms with Crippen LogP contribution in [-0.4, -0.2) is 56.4 Å². The third-order valence-corrected chi connectivity index (χ3v) is 8.22. The molecular weight excluding hydrogens is 606 g/mol. The van der Waals surface area contributed by atoms with Gasteiger partial charge in [0.15, 0.2) is 23.5 Å². The highest BCUT2D eigenvalue weighted by Crippen LogP contribution is 2.44. The van der Waals surface area contributed by atoms with Gasteiger partial charge in [0.05, 0.1) is 17.1 Å². The van der Waals surface area contributed by atoms with Gasteiger partial charge < -0.3 is 24.3 Å². The van der Waals surface area contributed by atoms with Crippen molar-refractivity contribution in [3.8, 4) is 0 Å². The molecule has 10 nitrogen and oxygen atoms in total. The SMILES string of the molecule is CC1(C)O[C@@H]2[C@H](O1)[C@@H](COC(=O)c1ccccc1)O[C@H]2n1ncc2c(NCc3ccccc3Cl)nc(/C=C/c3ccccc3)nc21. The van der Waals surface area contributed by atoms with Gasteiger partial charge in [-0.25, -0.2) is 19.4 Å². The zero-order chi connectivity index (χ0) is 31.7. The van der Waals surface area contributed by atoms with Crippen molar-refractivity contribution in [3.63, 3.8) is 0 Å². The summed E-state index contributed by atoms with van der Waals surface area (Å²) in [5, 5.41) is 9.49. The maximum absolute atomic E-state index is 12.7. The van der Waals surface area contributed by atoms with Crippen molar-refractivity contribution in [1.82, 2.24) is 19.7 Å². The molecule has 2 aliphatic rings. The average Bonchev–Trinajstić information content (AvgIpc) is 3.73. The topological polar surface area (TPSA) is 110 Å². The fourth-order valence-electron chi connectivity index (χ4n) is 5.70. The lowest BCUT2D eigenvalue weighted by Gasteiger charge is -2.24. The van der Waals surface area contributed by atoms with E-state index in [2.05, 4.69) is 5.32 Å². The minimum Gasteiger partial charge on any atom is -0.459 e. The summed E-state index contributed by atoms with van der Waals surface area (Å²) in [5.41, 5.74) is 2.95. The van der Waals surface area contributed by atoms with E-state index in [4.69, 9.17) is 45.6 Å². The molecule has 0 amide bonds. The minimum absolute atomic E-state index is 0.0191. The van der Waals surface area contributed by atoms with Crippen molar-refractivity contribution >= 4 is 46.6 Å². The molecule has 0 saturated carbocycles. The molecule has 234 valence electrons. The van der Waals surface area contributed by atoms with Crippen LogP contribution in [0.4, 0.5) is 5.82 Å². The number of ether oxygens (including phenoxy) is 4. The smallest absolute Gasteiger partial charge is 0.338 e. The number of aromatic nitrogens is 4. The maximum atomic E-state index is 12.7. The largest absolute Gasteiger partial charge is 0.459 e. The Labute approximate surface area is 270 Å². The van der Waals surface area contributed by atoms with Gasteiger partial charge in [-0.3, -0.25) is 0 Å². The Morgan fingerprint density at radius 1 is 0.957 bits per heavy atom. The maximum Gasteiger partial charge on any atom is 0.338 e.